The molecule has 0 aromatic carbocycles. The smallest absolute Gasteiger partial charge is 0.309 e. The highest BCUT2D eigenvalue weighted by atomic mass is 16.5. The number of carbonyl (C=O) groups is 1. The number of rotatable bonds is 7. The molecule has 0 amide bonds. The third-order valence-electron chi connectivity index (χ3n) is 2.85. The highest BCUT2D eigenvalue weighted by molar-refractivity contribution is 5.72. The van der Waals surface area contributed by atoms with Crippen LogP contribution in [-0.4, -0.2) is 12.1 Å². The van der Waals surface area contributed by atoms with Crippen LogP contribution in [0.4, 0.5) is 0 Å². The molecule has 0 saturated carbocycles. The maximum absolute atomic E-state index is 12.0. The van der Waals surface area contributed by atoms with E-state index in [1.165, 1.54) is 0 Å². The van der Waals surface area contributed by atoms with E-state index >= 15 is 0 Å². The van der Waals surface area contributed by atoms with E-state index in [0.717, 1.165) is 19.3 Å². The third-order valence-corrected chi connectivity index (χ3v) is 2.85. The Balaban J connectivity index is 4.27. The second-order valence-corrected chi connectivity index (χ2v) is 5.52. The van der Waals surface area contributed by atoms with E-state index in [4.69, 9.17) is 4.74 Å². The van der Waals surface area contributed by atoms with Gasteiger partial charge in [-0.05, 0) is 31.6 Å². The highest BCUT2D eigenvalue weighted by Gasteiger charge is 2.25. The lowest BCUT2D eigenvalue weighted by Crippen LogP contribution is -2.27. The molecule has 2 heteroatoms. The van der Waals surface area contributed by atoms with Crippen molar-refractivity contribution < 1.29 is 9.53 Å². The van der Waals surface area contributed by atoms with E-state index in [-0.39, 0.29) is 18.0 Å². The number of hydrogen-bond donors (Lipinski definition) is 0. The molecule has 2 unspecified atom stereocenters. The minimum atomic E-state index is -0.00958. The van der Waals surface area contributed by atoms with E-state index in [1.807, 2.05) is 6.92 Å². The van der Waals surface area contributed by atoms with Crippen molar-refractivity contribution in [2.45, 2.75) is 66.9 Å². The summed E-state index contributed by atoms with van der Waals surface area (Å²) in [5, 5.41) is 0. The molecule has 2 atom stereocenters. The summed E-state index contributed by atoms with van der Waals surface area (Å²) < 4.78 is 5.48. The fourth-order valence-corrected chi connectivity index (χ4v) is 1.90. The fraction of sp³-hybridized carbons (Fsp3) is 0.929. The molecule has 0 aromatic heterocycles. The minimum absolute atomic E-state index is 0.00958. The number of carbonyl (C=O) groups excluding carboxylic acids is 1. The van der Waals surface area contributed by atoms with Gasteiger partial charge in [0.2, 0.25) is 0 Å². The quantitative estimate of drug-likeness (QED) is 0.615. The normalized spacial score (nSPS) is 15.2. The molecular weight excluding hydrogens is 200 g/mol. The molecule has 0 saturated heterocycles. The molecule has 2 nitrogen and oxygen atoms in total. The summed E-state index contributed by atoms with van der Waals surface area (Å²) in [5.74, 6) is 0.953. The molecule has 0 aliphatic rings. The van der Waals surface area contributed by atoms with Gasteiger partial charge in [0.25, 0.3) is 0 Å². The van der Waals surface area contributed by atoms with Crippen LogP contribution in [0.2, 0.25) is 0 Å². The minimum Gasteiger partial charge on any atom is -0.462 e. The molecule has 0 spiro atoms. The summed E-state index contributed by atoms with van der Waals surface area (Å²) >= 11 is 0. The summed E-state index contributed by atoms with van der Waals surface area (Å²) in [6.45, 7) is 12.6. The van der Waals surface area contributed by atoms with Crippen molar-refractivity contribution in [3.8, 4) is 0 Å². The second-order valence-electron chi connectivity index (χ2n) is 5.52. The predicted molar refractivity (Wildman–Crippen MR) is 68.2 cm³/mol. The first kappa shape index (κ1) is 15.5. The Bertz CT molecular complexity index is 197. The van der Waals surface area contributed by atoms with E-state index < -0.39 is 0 Å². The van der Waals surface area contributed by atoms with Gasteiger partial charge in [0.05, 0.1) is 12.0 Å². The van der Waals surface area contributed by atoms with Gasteiger partial charge < -0.3 is 4.74 Å². The molecule has 0 aromatic rings. The van der Waals surface area contributed by atoms with Crippen LogP contribution in [0, 0.1) is 17.8 Å². The number of ether oxygens (including phenoxy) is 1. The van der Waals surface area contributed by atoms with Gasteiger partial charge in [-0.3, -0.25) is 4.79 Å². The van der Waals surface area contributed by atoms with Crippen LogP contribution in [-0.2, 0) is 9.53 Å². The van der Waals surface area contributed by atoms with Crippen molar-refractivity contribution in [1.29, 1.82) is 0 Å². The van der Waals surface area contributed by atoms with Crippen LogP contribution in [0.1, 0.15) is 60.8 Å². The Morgan fingerprint density at radius 3 is 2.06 bits per heavy atom. The van der Waals surface area contributed by atoms with Gasteiger partial charge in [-0.1, -0.05) is 41.0 Å². The maximum atomic E-state index is 12.0. The van der Waals surface area contributed by atoms with Crippen molar-refractivity contribution in [2.24, 2.45) is 17.8 Å². The zero-order chi connectivity index (χ0) is 12.7. The third kappa shape index (κ3) is 6.14. The van der Waals surface area contributed by atoms with Crippen molar-refractivity contribution in [1.82, 2.24) is 0 Å². The zero-order valence-corrected chi connectivity index (χ0v) is 11.7. The SMILES string of the molecule is CCCC(C)OC(=O)C(CC(C)C)C(C)C. The van der Waals surface area contributed by atoms with Gasteiger partial charge in [-0.15, -0.1) is 0 Å². The summed E-state index contributed by atoms with van der Waals surface area (Å²) in [6, 6.07) is 0. The van der Waals surface area contributed by atoms with Crippen molar-refractivity contribution in [3.05, 3.63) is 0 Å². The van der Waals surface area contributed by atoms with Crippen LogP contribution in [0.15, 0.2) is 0 Å². The van der Waals surface area contributed by atoms with Gasteiger partial charge in [0, 0.05) is 0 Å². The largest absolute Gasteiger partial charge is 0.462 e. The molecular formula is C14H28O2. The van der Waals surface area contributed by atoms with E-state index in [9.17, 15) is 4.79 Å². The van der Waals surface area contributed by atoms with Gasteiger partial charge >= 0.3 is 5.97 Å². The lowest BCUT2D eigenvalue weighted by molar-refractivity contribution is -0.155. The second kappa shape index (κ2) is 7.70. The Kier molecular flexibility index (Phi) is 7.44. The summed E-state index contributed by atoms with van der Waals surface area (Å²) in [6.07, 6.45) is 3.00. The van der Waals surface area contributed by atoms with E-state index in [2.05, 4.69) is 34.6 Å². The zero-order valence-electron chi connectivity index (χ0n) is 11.7. The average molecular weight is 228 g/mol. The molecule has 0 radical (unpaired) electrons. The first-order valence-corrected chi connectivity index (χ1v) is 6.58. The van der Waals surface area contributed by atoms with Gasteiger partial charge in [0.15, 0.2) is 0 Å². The van der Waals surface area contributed by atoms with Gasteiger partial charge in [-0.2, -0.15) is 0 Å². The van der Waals surface area contributed by atoms with Crippen LogP contribution < -0.4 is 0 Å². The number of hydrogen-bond acceptors (Lipinski definition) is 2. The topological polar surface area (TPSA) is 26.3 Å². The van der Waals surface area contributed by atoms with Crippen molar-refractivity contribution in [2.75, 3.05) is 0 Å². The summed E-state index contributed by atoms with van der Waals surface area (Å²) in [5.41, 5.74) is 0. The van der Waals surface area contributed by atoms with Crippen LogP contribution >= 0.6 is 0 Å². The van der Waals surface area contributed by atoms with E-state index in [0.29, 0.717) is 11.8 Å². The van der Waals surface area contributed by atoms with Crippen molar-refractivity contribution >= 4 is 5.97 Å². The average Bonchev–Trinajstić information content (AvgIpc) is 2.13. The molecule has 0 fully saturated rings. The monoisotopic (exact) mass is 228 g/mol. The van der Waals surface area contributed by atoms with E-state index in [1.54, 1.807) is 0 Å². The van der Waals surface area contributed by atoms with Gasteiger partial charge in [-0.25, -0.2) is 0 Å². The molecule has 16 heavy (non-hydrogen) atoms. The molecule has 0 bridgehead atoms. The first-order valence-electron chi connectivity index (χ1n) is 6.58. The molecule has 0 N–H and O–H groups in total. The first-order chi connectivity index (χ1) is 7.38. The molecule has 0 aliphatic carbocycles. The fourth-order valence-electron chi connectivity index (χ4n) is 1.90. The molecule has 0 heterocycles. The van der Waals surface area contributed by atoms with Crippen LogP contribution in [0.3, 0.4) is 0 Å². The Morgan fingerprint density at radius 2 is 1.69 bits per heavy atom. The summed E-state index contributed by atoms with van der Waals surface area (Å²) in [7, 11) is 0. The Hall–Kier alpha value is -0.530. The lowest BCUT2D eigenvalue weighted by atomic mass is 9.88. The van der Waals surface area contributed by atoms with Crippen molar-refractivity contribution in [3.63, 3.8) is 0 Å². The molecule has 0 aliphatic heterocycles. The van der Waals surface area contributed by atoms with Crippen LogP contribution in [0.5, 0.6) is 0 Å². The Labute approximate surface area is 101 Å². The maximum Gasteiger partial charge on any atom is 0.309 e. The number of esters is 1. The summed E-state index contributed by atoms with van der Waals surface area (Å²) in [4.78, 5) is 12.0. The molecule has 96 valence electrons. The van der Waals surface area contributed by atoms with Gasteiger partial charge in [0.1, 0.15) is 0 Å². The highest BCUT2D eigenvalue weighted by Crippen LogP contribution is 2.22. The molecule has 0 rings (SSSR count). The Morgan fingerprint density at radius 1 is 1.12 bits per heavy atom. The standard InChI is InChI=1S/C14H28O2/c1-7-8-12(6)16-14(15)13(11(4)5)9-10(2)3/h10-13H,7-9H2,1-6H3. The van der Waals surface area contributed by atoms with Crippen LogP contribution in [0.25, 0.3) is 0 Å². The predicted octanol–water partition coefficient (Wildman–Crippen LogP) is 4.04. The lowest BCUT2D eigenvalue weighted by Gasteiger charge is -2.23.